The standard InChI is InChI=1S/C11H24N4O/c1-14(6-7-16-3)4-5-15(2)10-11(8-12)9-13/h8-9,12H,4-7,10,13H2,1-3H3/b11-9+,12-8?. The molecule has 16 heavy (non-hydrogen) atoms. The predicted molar refractivity (Wildman–Crippen MR) is 67.9 cm³/mol. The average Bonchev–Trinajstić information content (AvgIpc) is 2.30. The Kier molecular flexibility index (Phi) is 8.80. The van der Waals surface area contributed by atoms with Crippen LogP contribution in [0.1, 0.15) is 0 Å². The Bertz CT molecular complexity index is 218. The molecule has 0 aromatic rings. The molecule has 0 atom stereocenters. The molecule has 0 aliphatic rings. The molecule has 3 N–H and O–H groups in total. The third-order valence-electron chi connectivity index (χ3n) is 2.39. The van der Waals surface area contributed by atoms with Crippen molar-refractivity contribution in [2.75, 3.05) is 54.0 Å². The highest BCUT2D eigenvalue weighted by molar-refractivity contribution is 5.75. The zero-order valence-corrected chi connectivity index (χ0v) is 10.6. The van der Waals surface area contributed by atoms with Crippen LogP contribution in [0.5, 0.6) is 0 Å². The smallest absolute Gasteiger partial charge is 0.0589 e. The van der Waals surface area contributed by atoms with Crippen molar-refractivity contribution < 1.29 is 4.74 Å². The van der Waals surface area contributed by atoms with Gasteiger partial charge in [0.05, 0.1) is 6.61 Å². The highest BCUT2D eigenvalue weighted by atomic mass is 16.5. The molecule has 5 heteroatoms. The van der Waals surface area contributed by atoms with E-state index in [1.807, 2.05) is 7.05 Å². The summed E-state index contributed by atoms with van der Waals surface area (Å²) < 4.78 is 5.01. The topological polar surface area (TPSA) is 65.6 Å². The van der Waals surface area contributed by atoms with Crippen molar-refractivity contribution in [2.24, 2.45) is 5.73 Å². The van der Waals surface area contributed by atoms with Crippen molar-refractivity contribution in [3.63, 3.8) is 0 Å². The maximum atomic E-state index is 7.13. The van der Waals surface area contributed by atoms with Crippen molar-refractivity contribution >= 4 is 6.21 Å². The minimum absolute atomic E-state index is 0.720. The van der Waals surface area contributed by atoms with Crippen LogP contribution in [0.4, 0.5) is 0 Å². The van der Waals surface area contributed by atoms with Crippen LogP contribution in [0, 0.1) is 5.41 Å². The summed E-state index contributed by atoms with van der Waals surface area (Å²) in [5.41, 5.74) is 6.22. The molecule has 5 nitrogen and oxygen atoms in total. The van der Waals surface area contributed by atoms with E-state index in [0.29, 0.717) is 0 Å². The minimum atomic E-state index is 0.720. The van der Waals surface area contributed by atoms with Crippen LogP contribution in [0.25, 0.3) is 0 Å². The maximum Gasteiger partial charge on any atom is 0.0589 e. The second-order valence-corrected chi connectivity index (χ2v) is 3.92. The lowest BCUT2D eigenvalue weighted by Crippen LogP contribution is -2.33. The van der Waals surface area contributed by atoms with E-state index in [4.69, 9.17) is 15.9 Å². The Hall–Kier alpha value is -0.910. The fourth-order valence-corrected chi connectivity index (χ4v) is 1.24. The van der Waals surface area contributed by atoms with Gasteiger partial charge in [-0.1, -0.05) is 0 Å². The van der Waals surface area contributed by atoms with Gasteiger partial charge < -0.3 is 25.7 Å². The molecule has 0 aromatic carbocycles. The molecule has 0 aliphatic carbocycles. The van der Waals surface area contributed by atoms with Crippen LogP contribution in [-0.2, 0) is 4.74 Å². The van der Waals surface area contributed by atoms with E-state index in [2.05, 4.69) is 16.8 Å². The number of rotatable bonds is 9. The summed E-state index contributed by atoms with van der Waals surface area (Å²) in [6.07, 6.45) is 2.78. The van der Waals surface area contributed by atoms with Gasteiger partial charge in [-0.05, 0) is 25.9 Å². The van der Waals surface area contributed by atoms with Crippen LogP contribution in [0.15, 0.2) is 11.8 Å². The van der Waals surface area contributed by atoms with Gasteiger partial charge in [0.1, 0.15) is 0 Å². The molecule has 0 amide bonds. The molecule has 0 heterocycles. The Morgan fingerprint density at radius 1 is 1.25 bits per heavy atom. The molecule has 0 spiro atoms. The molecule has 0 aromatic heterocycles. The monoisotopic (exact) mass is 228 g/mol. The van der Waals surface area contributed by atoms with E-state index in [-0.39, 0.29) is 0 Å². The van der Waals surface area contributed by atoms with Crippen LogP contribution < -0.4 is 5.73 Å². The van der Waals surface area contributed by atoms with Gasteiger partial charge in [0.2, 0.25) is 0 Å². The first-order valence-corrected chi connectivity index (χ1v) is 5.41. The highest BCUT2D eigenvalue weighted by Crippen LogP contribution is 1.93. The minimum Gasteiger partial charge on any atom is -0.404 e. The number of nitrogens with one attached hydrogen (secondary N) is 1. The zero-order chi connectivity index (χ0) is 12.4. The van der Waals surface area contributed by atoms with E-state index >= 15 is 0 Å². The molecule has 0 aliphatic heterocycles. The highest BCUT2D eigenvalue weighted by Gasteiger charge is 2.03. The van der Waals surface area contributed by atoms with Crippen LogP contribution in [0.3, 0.4) is 0 Å². The lowest BCUT2D eigenvalue weighted by atomic mass is 10.3. The summed E-state index contributed by atoms with van der Waals surface area (Å²) in [4.78, 5) is 4.36. The van der Waals surface area contributed by atoms with E-state index in [9.17, 15) is 0 Å². The number of hydrogen-bond acceptors (Lipinski definition) is 5. The average molecular weight is 228 g/mol. The summed E-state index contributed by atoms with van der Waals surface area (Å²) in [6.45, 7) is 4.35. The molecule has 0 unspecified atom stereocenters. The van der Waals surface area contributed by atoms with Crippen molar-refractivity contribution in [2.45, 2.75) is 0 Å². The number of nitrogens with zero attached hydrogens (tertiary/aromatic N) is 2. The van der Waals surface area contributed by atoms with Crippen LogP contribution >= 0.6 is 0 Å². The molecule has 0 bridgehead atoms. The second-order valence-electron chi connectivity index (χ2n) is 3.92. The van der Waals surface area contributed by atoms with E-state index in [0.717, 1.165) is 38.4 Å². The van der Waals surface area contributed by atoms with Gasteiger partial charge in [-0.15, -0.1) is 0 Å². The Labute approximate surface area is 98.4 Å². The fourth-order valence-electron chi connectivity index (χ4n) is 1.24. The summed E-state index contributed by atoms with van der Waals surface area (Å²) in [6, 6.07) is 0. The summed E-state index contributed by atoms with van der Waals surface area (Å²) in [5.74, 6) is 0. The number of methoxy groups -OCH3 is 1. The number of ether oxygens (including phenoxy) is 1. The van der Waals surface area contributed by atoms with Crippen LogP contribution in [-0.4, -0.2) is 70.0 Å². The molecule has 0 saturated heterocycles. The summed E-state index contributed by atoms with van der Waals surface area (Å²) in [7, 11) is 5.81. The van der Waals surface area contributed by atoms with Gasteiger partial charge in [-0.2, -0.15) is 0 Å². The number of nitrogens with two attached hydrogens (primary N) is 1. The lowest BCUT2D eigenvalue weighted by molar-refractivity contribution is 0.155. The second kappa shape index (κ2) is 9.33. The van der Waals surface area contributed by atoms with Gasteiger partial charge in [0, 0.05) is 39.5 Å². The van der Waals surface area contributed by atoms with Crippen molar-refractivity contribution in [1.29, 1.82) is 5.41 Å². The van der Waals surface area contributed by atoms with E-state index in [1.54, 1.807) is 7.11 Å². The van der Waals surface area contributed by atoms with E-state index in [1.165, 1.54) is 12.4 Å². The van der Waals surface area contributed by atoms with Crippen molar-refractivity contribution in [3.8, 4) is 0 Å². The maximum absolute atomic E-state index is 7.13. The van der Waals surface area contributed by atoms with Gasteiger partial charge in [0.25, 0.3) is 0 Å². The normalized spacial score (nSPS) is 12.4. The predicted octanol–water partition coefficient (Wildman–Crippen LogP) is -0.0114. The first-order valence-electron chi connectivity index (χ1n) is 5.41. The van der Waals surface area contributed by atoms with Gasteiger partial charge in [-0.25, -0.2) is 0 Å². The van der Waals surface area contributed by atoms with Crippen LogP contribution in [0.2, 0.25) is 0 Å². The lowest BCUT2D eigenvalue weighted by Gasteiger charge is -2.21. The first kappa shape index (κ1) is 15.1. The Morgan fingerprint density at radius 2 is 1.88 bits per heavy atom. The molecule has 0 rings (SSSR count). The Balaban J connectivity index is 3.71. The van der Waals surface area contributed by atoms with E-state index < -0.39 is 0 Å². The molecule has 0 saturated carbocycles. The third-order valence-corrected chi connectivity index (χ3v) is 2.39. The Morgan fingerprint density at radius 3 is 2.38 bits per heavy atom. The molecule has 0 radical (unpaired) electrons. The van der Waals surface area contributed by atoms with Gasteiger partial charge >= 0.3 is 0 Å². The van der Waals surface area contributed by atoms with Gasteiger partial charge in [-0.3, -0.25) is 0 Å². The molecular formula is C11H24N4O. The molecular weight excluding hydrogens is 204 g/mol. The van der Waals surface area contributed by atoms with Crippen molar-refractivity contribution in [3.05, 3.63) is 11.8 Å². The number of likely N-dealkylation sites (N-methyl/N-ethyl adjacent to an activating group) is 2. The summed E-state index contributed by atoms with van der Waals surface area (Å²) in [5, 5.41) is 7.13. The van der Waals surface area contributed by atoms with Crippen molar-refractivity contribution in [1.82, 2.24) is 9.80 Å². The summed E-state index contributed by atoms with van der Waals surface area (Å²) >= 11 is 0. The first-order chi connectivity index (χ1) is 7.63. The number of hydrogen-bond donors (Lipinski definition) is 2. The third kappa shape index (κ3) is 7.39. The molecule has 0 fully saturated rings. The SMILES string of the molecule is COCCN(C)CCN(C)C/C(C=N)=C/N. The van der Waals surface area contributed by atoms with Gasteiger partial charge in [0.15, 0.2) is 0 Å². The fraction of sp³-hybridized carbons (Fsp3) is 0.727. The largest absolute Gasteiger partial charge is 0.404 e. The molecule has 94 valence electrons. The zero-order valence-electron chi connectivity index (χ0n) is 10.6. The quantitative estimate of drug-likeness (QED) is 0.545.